The van der Waals surface area contributed by atoms with E-state index in [0.29, 0.717) is 6.04 Å². The van der Waals surface area contributed by atoms with Crippen LogP contribution in [0.2, 0.25) is 0 Å². The monoisotopic (exact) mass is 256 g/mol. The third-order valence-corrected chi connectivity index (χ3v) is 4.68. The van der Waals surface area contributed by atoms with Crippen molar-refractivity contribution in [2.45, 2.75) is 38.8 Å². The van der Waals surface area contributed by atoms with Crippen LogP contribution in [0.4, 0.5) is 0 Å². The number of benzene rings is 1. The highest BCUT2D eigenvalue weighted by Crippen LogP contribution is 2.41. The van der Waals surface area contributed by atoms with Crippen molar-refractivity contribution in [2.24, 2.45) is 0 Å². The van der Waals surface area contributed by atoms with Gasteiger partial charge in [-0.2, -0.15) is 0 Å². The number of nitrogens with zero attached hydrogens (tertiary/aromatic N) is 1. The van der Waals surface area contributed by atoms with Crippen molar-refractivity contribution in [1.29, 1.82) is 0 Å². The number of hydrogen-bond donors (Lipinski definition) is 1. The van der Waals surface area contributed by atoms with Gasteiger partial charge in [-0.1, -0.05) is 0 Å². The largest absolute Gasteiger partial charge is 0.497 e. The van der Waals surface area contributed by atoms with E-state index in [1.807, 2.05) is 0 Å². The molecule has 1 aromatic heterocycles. The van der Waals surface area contributed by atoms with Crippen LogP contribution in [0.5, 0.6) is 5.75 Å². The van der Waals surface area contributed by atoms with Crippen molar-refractivity contribution >= 4 is 10.9 Å². The molecule has 0 saturated heterocycles. The molecular weight excluding hydrogens is 236 g/mol. The van der Waals surface area contributed by atoms with Gasteiger partial charge >= 0.3 is 0 Å². The summed E-state index contributed by atoms with van der Waals surface area (Å²) < 4.78 is 8.01. The molecule has 1 aliphatic heterocycles. The van der Waals surface area contributed by atoms with Gasteiger partial charge < -0.3 is 14.6 Å². The number of hydrogen-bond acceptors (Lipinski definition) is 2. The molecule has 1 atom stereocenters. The minimum Gasteiger partial charge on any atom is -0.497 e. The van der Waals surface area contributed by atoms with E-state index in [1.165, 1.54) is 35.7 Å². The lowest BCUT2D eigenvalue weighted by molar-refractivity contribution is 0.384. The number of aryl methyl sites for hydroxylation is 2. The van der Waals surface area contributed by atoms with Crippen molar-refractivity contribution in [3.05, 3.63) is 29.0 Å². The highest BCUT2D eigenvalue weighted by atomic mass is 16.5. The third kappa shape index (κ3) is 1.48. The molecule has 0 amide bonds. The fraction of sp³-hybridized carbons (Fsp3) is 0.500. The van der Waals surface area contributed by atoms with E-state index in [-0.39, 0.29) is 0 Å². The SMILES string of the molecule is COc1cc(C)c2c(c1)c1c3n2CCNC3CCC1. The van der Waals surface area contributed by atoms with E-state index < -0.39 is 0 Å². The Morgan fingerprint density at radius 1 is 1.37 bits per heavy atom. The highest BCUT2D eigenvalue weighted by molar-refractivity contribution is 5.90. The van der Waals surface area contributed by atoms with Crippen molar-refractivity contribution in [3.8, 4) is 5.75 Å². The second kappa shape index (κ2) is 4.01. The average molecular weight is 256 g/mol. The molecule has 100 valence electrons. The van der Waals surface area contributed by atoms with Gasteiger partial charge in [-0.3, -0.25) is 0 Å². The predicted molar refractivity (Wildman–Crippen MR) is 76.9 cm³/mol. The van der Waals surface area contributed by atoms with Crippen LogP contribution in [-0.2, 0) is 13.0 Å². The zero-order valence-electron chi connectivity index (χ0n) is 11.6. The van der Waals surface area contributed by atoms with Gasteiger partial charge in [0, 0.05) is 30.2 Å². The van der Waals surface area contributed by atoms with E-state index in [1.54, 1.807) is 18.4 Å². The lowest BCUT2D eigenvalue weighted by atomic mass is 9.91. The lowest BCUT2D eigenvalue weighted by Gasteiger charge is -2.31. The standard InChI is InChI=1S/C16H20N2O/c1-10-8-11(19-2)9-13-12-4-3-5-14-16(12)18(15(10)13)7-6-17-14/h8-9,14,17H,3-7H2,1-2H3. The third-order valence-electron chi connectivity index (χ3n) is 4.68. The van der Waals surface area contributed by atoms with Gasteiger partial charge in [-0.05, 0) is 49.4 Å². The van der Waals surface area contributed by atoms with E-state index in [9.17, 15) is 0 Å². The quantitative estimate of drug-likeness (QED) is 0.849. The van der Waals surface area contributed by atoms with Crippen LogP contribution in [0, 0.1) is 6.92 Å². The molecule has 2 heterocycles. The summed E-state index contributed by atoms with van der Waals surface area (Å²) in [5.41, 5.74) is 5.87. The van der Waals surface area contributed by atoms with Crippen molar-refractivity contribution in [2.75, 3.05) is 13.7 Å². The Morgan fingerprint density at radius 2 is 2.26 bits per heavy atom. The summed E-state index contributed by atoms with van der Waals surface area (Å²) in [6, 6.07) is 4.95. The summed E-state index contributed by atoms with van der Waals surface area (Å²) in [6.45, 7) is 4.39. The fourth-order valence-corrected chi connectivity index (χ4v) is 3.94. The summed E-state index contributed by atoms with van der Waals surface area (Å²) in [7, 11) is 1.76. The Bertz CT molecular complexity index is 655. The molecule has 3 heteroatoms. The minimum atomic E-state index is 0.565. The average Bonchev–Trinajstić information content (AvgIpc) is 2.76. The summed E-state index contributed by atoms with van der Waals surface area (Å²) in [5.74, 6) is 0.985. The van der Waals surface area contributed by atoms with E-state index in [2.05, 4.69) is 28.9 Å². The van der Waals surface area contributed by atoms with Gasteiger partial charge in [0.05, 0.1) is 12.6 Å². The van der Waals surface area contributed by atoms with Gasteiger partial charge in [-0.25, -0.2) is 0 Å². The molecule has 1 aromatic carbocycles. The molecule has 3 nitrogen and oxygen atoms in total. The summed E-state index contributed by atoms with van der Waals surface area (Å²) >= 11 is 0. The van der Waals surface area contributed by atoms with Gasteiger partial charge in [0.1, 0.15) is 5.75 Å². The Kier molecular flexibility index (Phi) is 2.39. The molecule has 4 rings (SSSR count). The zero-order chi connectivity index (χ0) is 13.0. The highest BCUT2D eigenvalue weighted by Gasteiger charge is 2.30. The topological polar surface area (TPSA) is 26.2 Å². The smallest absolute Gasteiger partial charge is 0.119 e. The first kappa shape index (κ1) is 11.4. The number of ether oxygens (including phenoxy) is 1. The molecule has 0 bridgehead atoms. The van der Waals surface area contributed by atoms with E-state index in [4.69, 9.17) is 4.74 Å². The van der Waals surface area contributed by atoms with E-state index >= 15 is 0 Å². The predicted octanol–water partition coefficient (Wildman–Crippen LogP) is 2.94. The molecule has 19 heavy (non-hydrogen) atoms. The first-order chi connectivity index (χ1) is 9.29. The second-order valence-electron chi connectivity index (χ2n) is 5.75. The normalized spacial score (nSPS) is 21.5. The van der Waals surface area contributed by atoms with Crippen LogP contribution in [0.3, 0.4) is 0 Å². The molecule has 2 aromatic rings. The van der Waals surface area contributed by atoms with Gasteiger partial charge in [0.25, 0.3) is 0 Å². The Hall–Kier alpha value is -1.48. The van der Waals surface area contributed by atoms with Crippen LogP contribution in [-0.4, -0.2) is 18.2 Å². The first-order valence-corrected chi connectivity index (χ1v) is 7.22. The number of methoxy groups -OCH3 is 1. The Balaban J connectivity index is 2.10. The van der Waals surface area contributed by atoms with Crippen molar-refractivity contribution in [3.63, 3.8) is 0 Å². The van der Waals surface area contributed by atoms with Crippen LogP contribution in [0.1, 0.15) is 35.7 Å². The Morgan fingerprint density at radius 3 is 3.11 bits per heavy atom. The van der Waals surface area contributed by atoms with Gasteiger partial charge in [-0.15, -0.1) is 0 Å². The summed E-state index contributed by atoms with van der Waals surface area (Å²) in [4.78, 5) is 0. The van der Waals surface area contributed by atoms with E-state index in [0.717, 1.165) is 18.8 Å². The molecule has 0 fully saturated rings. The maximum Gasteiger partial charge on any atom is 0.119 e. The summed E-state index contributed by atoms with van der Waals surface area (Å²) in [5, 5.41) is 5.09. The molecule has 1 N–H and O–H groups in total. The van der Waals surface area contributed by atoms with Gasteiger partial charge in [0.15, 0.2) is 0 Å². The lowest BCUT2D eigenvalue weighted by Crippen LogP contribution is -2.35. The van der Waals surface area contributed by atoms with Gasteiger partial charge in [0.2, 0.25) is 0 Å². The van der Waals surface area contributed by atoms with Crippen molar-refractivity contribution in [1.82, 2.24) is 9.88 Å². The molecule has 0 radical (unpaired) electrons. The van der Waals surface area contributed by atoms with Crippen molar-refractivity contribution < 1.29 is 4.74 Å². The van der Waals surface area contributed by atoms with Crippen LogP contribution in [0.25, 0.3) is 10.9 Å². The van der Waals surface area contributed by atoms with Crippen LogP contribution < -0.4 is 10.1 Å². The number of fused-ring (bicyclic) bond motifs is 3. The zero-order valence-corrected chi connectivity index (χ0v) is 11.6. The first-order valence-electron chi connectivity index (χ1n) is 7.22. The molecule has 2 aliphatic rings. The fourth-order valence-electron chi connectivity index (χ4n) is 3.94. The number of rotatable bonds is 1. The molecule has 1 aliphatic carbocycles. The minimum absolute atomic E-state index is 0.565. The molecule has 0 saturated carbocycles. The molecule has 1 unspecified atom stereocenters. The van der Waals surface area contributed by atoms with Crippen LogP contribution in [0.15, 0.2) is 12.1 Å². The van der Waals surface area contributed by atoms with Crippen LogP contribution >= 0.6 is 0 Å². The Labute approximate surface area is 113 Å². The second-order valence-corrected chi connectivity index (χ2v) is 5.75. The number of nitrogens with one attached hydrogen (secondary N) is 1. The number of aromatic nitrogens is 1. The summed E-state index contributed by atoms with van der Waals surface area (Å²) in [6.07, 6.45) is 3.78. The maximum absolute atomic E-state index is 5.45. The maximum atomic E-state index is 5.45. The molecular formula is C16H20N2O. The molecule has 0 spiro atoms.